The number of aromatic amines is 1. The van der Waals surface area contributed by atoms with Gasteiger partial charge in [-0.15, -0.1) is 0 Å². The summed E-state index contributed by atoms with van der Waals surface area (Å²) in [4.78, 5) is 36.3. The molecule has 1 atom stereocenters. The molecule has 37 heavy (non-hydrogen) atoms. The Morgan fingerprint density at radius 3 is 2.62 bits per heavy atom. The quantitative estimate of drug-likeness (QED) is 0.398. The first-order valence-corrected chi connectivity index (χ1v) is 12.9. The molecule has 5 aromatic rings. The van der Waals surface area contributed by atoms with Crippen molar-refractivity contribution in [3.8, 4) is 22.5 Å². The zero-order valence-corrected chi connectivity index (χ0v) is 20.7. The highest BCUT2D eigenvalue weighted by Crippen LogP contribution is 2.33. The van der Waals surface area contributed by atoms with Crippen LogP contribution in [-0.2, 0) is 18.4 Å². The number of carbonyl (C=O) groups is 1. The lowest BCUT2D eigenvalue weighted by Crippen LogP contribution is -2.32. The number of likely N-dealkylation sites (tertiary alicyclic amines) is 1. The number of hydrogen-bond acceptors (Lipinski definition) is 4. The van der Waals surface area contributed by atoms with E-state index >= 15 is 0 Å². The molecule has 0 radical (unpaired) electrons. The minimum atomic E-state index is -0.0814. The first-order valence-electron chi connectivity index (χ1n) is 12.9. The minimum absolute atomic E-state index is 0.0814. The van der Waals surface area contributed by atoms with Crippen LogP contribution in [0, 0.1) is 11.8 Å². The van der Waals surface area contributed by atoms with Gasteiger partial charge in [-0.25, -0.2) is 4.98 Å². The molecule has 1 saturated carbocycles. The molecule has 1 aliphatic carbocycles. The summed E-state index contributed by atoms with van der Waals surface area (Å²) >= 11 is 0. The fourth-order valence-electron chi connectivity index (χ4n) is 5.58. The van der Waals surface area contributed by atoms with Crippen molar-refractivity contribution in [1.82, 2.24) is 29.2 Å². The summed E-state index contributed by atoms with van der Waals surface area (Å²) in [6.45, 7) is 2.01. The molecule has 1 aliphatic heterocycles. The molecule has 3 aromatic heterocycles. The molecule has 4 heterocycles. The van der Waals surface area contributed by atoms with Crippen LogP contribution in [-0.4, -0.2) is 48.2 Å². The Bertz CT molecular complexity index is 1710. The van der Waals surface area contributed by atoms with Gasteiger partial charge in [0.05, 0.1) is 6.20 Å². The summed E-state index contributed by atoms with van der Waals surface area (Å²) in [6.07, 6.45) is 6.47. The second-order valence-corrected chi connectivity index (χ2v) is 10.4. The topological polar surface area (TPSA) is 88.8 Å². The zero-order valence-electron chi connectivity index (χ0n) is 20.7. The van der Waals surface area contributed by atoms with Gasteiger partial charge in [-0.3, -0.25) is 18.8 Å². The summed E-state index contributed by atoms with van der Waals surface area (Å²) in [7, 11) is 1.81. The van der Waals surface area contributed by atoms with Crippen molar-refractivity contribution in [3.63, 3.8) is 0 Å². The van der Waals surface area contributed by atoms with Gasteiger partial charge in [0, 0.05) is 49.9 Å². The number of carbonyl (C=O) groups excluding carboxylic acids is 1. The van der Waals surface area contributed by atoms with Gasteiger partial charge in [-0.1, -0.05) is 30.3 Å². The summed E-state index contributed by atoms with van der Waals surface area (Å²) in [5, 5.41) is 5.98. The lowest BCUT2D eigenvalue weighted by molar-refractivity contribution is -0.131. The highest BCUT2D eigenvalue weighted by atomic mass is 16.2. The van der Waals surface area contributed by atoms with Gasteiger partial charge in [-0.05, 0) is 59.9 Å². The Labute approximate surface area is 213 Å². The lowest BCUT2D eigenvalue weighted by Gasteiger charge is -2.18. The monoisotopic (exact) mass is 492 g/mol. The number of H-pyrrole nitrogens is 1. The third-order valence-corrected chi connectivity index (χ3v) is 7.85. The Hall–Kier alpha value is -4.20. The fraction of sp³-hybridized carbons (Fsp3) is 0.310. The van der Waals surface area contributed by atoms with Crippen LogP contribution in [0.2, 0.25) is 0 Å². The third kappa shape index (κ3) is 3.84. The number of hydrogen-bond donors (Lipinski definition) is 1. The highest BCUT2D eigenvalue weighted by Gasteiger charge is 2.37. The molecule has 2 aliphatic rings. The highest BCUT2D eigenvalue weighted by molar-refractivity contribution is 5.85. The molecule has 1 unspecified atom stereocenters. The fourth-order valence-corrected chi connectivity index (χ4v) is 5.58. The number of aryl methyl sites for hydroxylation is 1. The maximum atomic E-state index is 13.6. The van der Waals surface area contributed by atoms with Crippen LogP contribution in [0.15, 0.2) is 65.7 Å². The number of benzene rings is 2. The van der Waals surface area contributed by atoms with Crippen LogP contribution in [0.25, 0.3) is 44.5 Å². The van der Waals surface area contributed by atoms with E-state index in [0.717, 1.165) is 48.0 Å². The lowest BCUT2D eigenvalue weighted by atomic mass is 10.0. The van der Waals surface area contributed by atoms with E-state index in [9.17, 15) is 9.59 Å². The SMILES string of the molecule is Cn1ncc2c(=O)n(CC3CCN(C(=O)C4CC4)C3)c(-c3ccc(-c4ccc5[nH]ccc5c4)cc3)nc21. The summed E-state index contributed by atoms with van der Waals surface area (Å²) in [6, 6.07) is 16.7. The van der Waals surface area contributed by atoms with Crippen LogP contribution in [0.3, 0.4) is 0 Å². The van der Waals surface area contributed by atoms with E-state index in [2.05, 4.69) is 46.5 Å². The Kier molecular flexibility index (Phi) is 5.02. The van der Waals surface area contributed by atoms with Gasteiger partial charge in [0.2, 0.25) is 5.91 Å². The van der Waals surface area contributed by atoms with E-state index in [1.807, 2.05) is 30.3 Å². The number of rotatable bonds is 5. The zero-order chi connectivity index (χ0) is 25.1. The molecule has 0 spiro atoms. The van der Waals surface area contributed by atoms with Crippen LogP contribution >= 0.6 is 0 Å². The number of amides is 1. The summed E-state index contributed by atoms with van der Waals surface area (Å²) in [5.41, 5.74) is 4.74. The van der Waals surface area contributed by atoms with Crippen molar-refractivity contribution in [1.29, 1.82) is 0 Å². The second kappa shape index (κ2) is 8.44. The van der Waals surface area contributed by atoms with E-state index in [4.69, 9.17) is 4.98 Å². The van der Waals surface area contributed by atoms with E-state index < -0.39 is 0 Å². The standard InChI is InChI=1S/C29H28N6O2/c1-33-27-24(15-31-33)29(37)35(17-18-11-13-34(16-18)28(36)21-6-7-21)26(32-27)20-4-2-19(3-5-20)22-8-9-25-23(14-22)10-12-30-25/h2-5,8-10,12,14-15,18,21,30H,6-7,11,13,16-17H2,1H3. The smallest absolute Gasteiger partial charge is 0.264 e. The van der Waals surface area contributed by atoms with E-state index in [1.165, 1.54) is 5.39 Å². The Morgan fingerprint density at radius 2 is 1.81 bits per heavy atom. The van der Waals surface area contributed by atoms with Crippen molar-refractivity contribution < 1.29 is 4.79 Å². The van der Waals surface area contributed by atoms with Crippen LogP contribution < -0.4 is 5.56 Å². The first-order chi connectivity index (χ1) is 18.0. The molecule has 8 heteroatoms. The van der Waals surface area contributed by atoms with E-state index in [1.54, 1.807) is 15.4 Å². The molecule has 1 N–H and O–H groups in total. The molecular weight excluding hydrogens is 464 g/mol. The summed E-state index contributed by atoms with van der Waals surface area (Å²) < 4.78 is 3.44. The normalized spacial score (nSPS) is 17.8. The summed E-state index contributed by atoms with van der Waals surface area (Å²) in [5.74, 6) is 1.37. The van der Waals surface area contributed by atoms with E-state index in [-0.39, 0.29) is 23.3 Å². The maximum absolute atomic E-state index is 13.6. The molecule has 8 nitrogen and oxygen atoms in total. The molecule has 7 rings (SSSR count). The van der Waals surface area contributed by atoms with Crippen molar-refractivity contribution in [3.05, 3.63) is 71.3 Å². The van der Waals surface area contributed by atoms with Crippen LogP contribution in [0.4, 0.5) is 0 Å². The van der Waals surface area contributed by atoms with Crippen LogP contribution in [0.1, 0.15) is 19.3 Å². The minimum Gasteiger partial charge on any atom is -0.361 e. The number of fused-ring (bicyclic) bond motifs is 2. The predicted octanol–water partition coefficient (Wildman–Crippen LogP) is 4.20. The van der Waals surface area contributed by atoms with Gasteiger partial charge in [0.25, 0.3) is 5.56 Å². The predicted molar refractivity (Wildman–Crippen MR) is 143 cm³/mol. The van der Waals surface area contributed by atoms with Crippen molar-refractivity contribution >= 4 is 27.8 Å². The van der Waals surface area contributed by atoms with Gasteiger partial charge < -0.3 is 9.88 Å². The largest absolute Gasteiger partial charge is 0.361 e. The third-order valence-electron chi connectivity index (χ3n) is 7.85. The first kappa shape index (κ1) is 22.0. The number of aromatic nitrogens is 5. The number of nitrogens with one attached hydrogen (secondary N) is 1. The Balaban J connectivity index is 1.24. The van der Waals surface area contributed by atoms with Gasteiger partial charge >= 0.3 is 0 Å². The van der Waals surface area contributed by atoms with Crippen LogP contribution in [0.5, 0.6) is 0 Å². The molecule has 186 valence electrons. The Morgan fingerprint density at radius 1 is 1.03 bits per heavy atom. The van der Waals surface area contributed by atoms with Gasteiger partial charge in [0.1, 0.15) is 11.2 Å². The molecule has 1 saturated heterocycles. The molecule has 2 aromatic carbocycles. The van der Waals surface area contributed by atoms with E-state index in [0.29, 0.717) is 29.9 Å². The molecule has 1 amide bonds. The number of nitrogens with zero attached hydrogens (tertiary/aromatic N) is 5. The second-order valence-electron chi connectivity index (χ2n) is 10.4. The van der Waals surface area contributed by atoms with Gasteiger partial charge in [-0.2, -0.15) is 5.10 Å². The molecular formula is C29H28N6O2. The van der Waals surface area contributed by atoms with Crippen molar-refractivity contribution in [2.45, 2.75) is 25.8 Å². The van der Waals surface area contributed by atoms with Gasteiger partial charge in [0.15, 0.2) is 5.65 Å². The van der Waals surface area contributed by atoms with Crippen molar-refractivity contribution in [2.75, 3.05) is 13.1 Å². The van der Waals surface area contributed by atoms with Crippen molar-refractivity contribution in [2.24, 2.45) is 18.9 Å². The average Bonchev–Trinajstić information content (AvgIpc) is 3.29. The molecule has 2 fully saturated rings. The molecule has 0 bridgehead atoms. The average molecular weight is 493 g/mol. The maximum Gasteiger partial charge on any atom is 0.264 e.